The van der Waals surface area contributed by atoms with E-state index in [1.165, 1.54) is 4.79 Å². The number of hydrogen-bond acceptors (Lipinski definition) is 3. The Morgan fingerprint density at radius 2 is 1.75 bits per heavy atom. The Labute approximate surface area is 124 Å². The molecule has 0 aliphatic heterocycles. The smallest absolute Gasteiger partial charge is 0.115 e. The van der Waals surface area contributed by atoms with Crippen molar-refractivity contribution in [3.8, 4) is 11.3 Å². The average Bonchev–Trinajstić information content (AvgIpc) is 2.96. The Balaban J connectivity index is 1.80. The number of rotatable bonds is 3. The lowest BCUT2D eigenvalue weighted by Crippen LogP contribution is -1.90. The first kappa shape index (κ1) is 12.7. The zero-order chi connectivity index (χ0) is 13.8. The highest BCUT2D eigenvalue weighted by Crippen LogP contribution is 2.19. The Morgan fingerprint density at radius 1 is 1.00 bits per heavy atom. The van der Waals surface area contributed by atoms with Crippen LogP contribution >= 0.6 is 15.9 Å². The van der Waals surface area contributed by atoms with Crippen molar-refractivity contribution in [2.75, 3.05) is 0 Å². The van der Waals surface area contributed by atoms with E-state index in [1.54, 1.807) is 12.4 Å². The van der Waals surface area contributed by atoms with Crippen molar-refractivity contribution in [1.29, 1.82) is 0 Å². The minimum atomic E-state index is 0.794. The molecule has 0 aliphatic rings. The third-order valence-corrected chi connectivity index (χ3v) is 3.28. The second-order valence-electron chi connectivity index (χ2n) is 4.19. The van der Waals surface area contributed by atoms with Gasteiger partial charge in [-0.1, -0.05) is 58.4 Å². The summed E-state index contributed by atoms with van der Waals surface area (Å²) in [5, 5.41) is 12.3. The van der Waals surface area contributed by atoms with Crippen LogP contribution in [0.2, 0.25) is 0 Å². The fourth-order valence-electron chi connectivity index (χ4n) is 1.73. The normalized spacial score (nSPS) is 11.1. The summed E-state index contributed by atoms with van der Waals surface area (Å²) in [6.07, 6.45) is 3.54. The van der Waals surface area contributed by atoms with E-state index in [0.717, 1.165) is 21.3 Å². The third-order valence-electron chi connectivity index (χ3n) is 2.75. The van der Waals surface area contributed by atoms with Gasteiger partial charge < -0.3 is 0 Å². The van der Waals surface area contributed by atoms with Gasteiger partial charge in [0.05, 0.1) is 12.4 Å². The molecule has 0 bridgehead atoms. The highest BCUT2D eigenvalue weighted by atomic mass is 79.9. The Morgan fingerprint density at radius 3 is 2.50 bits per heavy atom. The minimum absolute atomic E-state index is 0.794. The average molecular weight is 327 g/mol. The van der Waals surface area contributed by atoms with Gasteiger partial charge >= 0.3 is 0 Å². The lowest BCUT2D eigenvalue weighted by molar-refractivity contribution is 0.697. The maximum Gasteiger partial charge on any atom is 0.115 e. The van der Waals surface area contributed by atoms with E-state index in [9.17, 15) is 0 Å². The summed E-state index contributed by atoms with van der Waals surface area (Å²) in [7, 11) is 0. The molecule has 0 radical (unpaired) electrons. The number of halogens is 1. The summed E-state index contributed by atoms with van der Waals surface area (Å²) in [4.78, 5) is 1.46. The molecule has 1 heterocycles. The Kier molecular flexibility index (Phi) is 3.69. The summed E-state index contributed by atoms with van der Waals surface area (Å²) in [6.45, 7) is 0. The molecule has 0 amide bonds. The molecule has 3 aromatic rings. The molecular formula is C15H11BrN4. The molecule has 0 fully saturated rings. The summed E-state index contributed by atoms with van der Waals surface area (Å²) >= 11 is 3.41. The standard InChI is InChI=1S/C15H11BrN4/c16-14-8-6-13(7-9-14)15-11-20(19-18-15)17-10-12-4-2-1-3-5-12/h1-11H/b17-10+. The molecule has 0 spiro atoms. The Hall–Kier alpha value is -2.27. The number of nitrogens with zero attached hydrogens (tertiary/aromatic N) is 4. The molecule has 3 rings (SSSR count). The maximum absolute atomic E-state index is 4.25. The highest BCUT2D eigenvalue weighted by Gasteiger charge is 2.02. The van der Waals surface area contributed by atoms with Gasteiger partial charge in [-0.15, -0.1) is 9.89 Å². The van der Waals surface area contributed by atoms with Gasteiger partial charge in [-0.2, -0.15) is 5.10 Å². The predicted octanol–water partition coefficient (Wildman–Crippen LogP) is 3.59. The van der Waals surface area contributed by atoms with Gasteiger partial charge in [0.25, 0.3) is 0 Å². The molecule has 0 saturated carbocycles. The van der Waals surface area contributed by atoms with Crippen LogP contribution in [0.4, 0.5) is 0 Å². The molecule has 0 atom stereocenters. The quantitative estimate of drug-likeness (QED) is 0.690. The van der Waals surface area contributed by atoms with E-state index >= 15 is 0 Å². The van der Waals surface area contributed by atoms with Gasteiger partial charge in [0.1, 0.15) is 5.69 Å². The van der Waals surface area contributed by atoms with Crippen LogP contribution in [-0.4, -0.2) is 21.3 Å². The molecule has 0 saturated heterocycles. The Bertz CT molecular complexity index is 717. The maximum atomic E-state index is 4.25. The van der Waals surface area contributed by atoms with Gasteiger partial charge in [-0.05, 0) is 22.9 Å². The number of aromatic nitrogens is 3. The first-order chi connectivity index (χ1) is 9.81. The van der Waals surface area contributed by atoms with Gasteiger partial charge in [0, 0.05) is 10.0 Å². The molecule has 98 valence electrons. The zero-order valence-corrected chi connectivity index (χ0v) is 12.1. The molecule has 1 aromatic heterocycles. The van der Waals surface area contributed by atoms with Crippen LogP contribution < -0.4 is 0 Å². The van der Waals surface area contributed by atoms with E-state index in [1.807, 2.05) is 54.6 Å². The number of benzene rings is 2. The first-order valence-electron chi connectivity index (χ1n) is 6.09. The molecule has 0 N–H and O–H groups in total. The van der Waals surface area contributed by atoms with Crippen LogP contribution in [0.25, 0.3) is 11.3 Å². The van der Waals surface area contributed by atoms with Crippen LogP contribution in [0.15, 0.2) is 70.4 Å². The van der Waals surface area contributed by atoms with Crippen molar-refractivity contribution >= 4 is 22.1 Å². The van der Waals surface area contributed by atoms with Crippen LogP contribution in [-0.2, 0) is 0 Å². The van der Waals surface area contributed by atoms with Gasteiger partial charge in [0.15, 0.2) is 0 Å². The largest absolute Gasteiger partial charge is 0.157 e. The van der Waals surface area contributed by atoms with Crippen molar-refractivity contribution < 1.29 is 0 Å². The second kappa shape index (κ2) is 5.79. The van der Waals surface area contributed by atoms with E-state index in [-0.39, 0.29) is 0 Å². The first-order valence-corrected chi connectivity index (χ1v) is 6.88. The molecule has 2 aromatic carbocycles. The minimum Gasteiger partial charge on any atom is -0.157 e. The van der Waals surface area contributed by atoms with Crippen molar-refractivity contribution in [3.63, 3.8) is 0 Å². The third kappa shape index (κ3) is 3.00. The molecule has 0 aliphatic carbocycles. The van der Waals surface area contributed by atoms with E-state index < -0.39 is 0 Å². The van der Waals surface area contributed by atoms with Crippen molar-refractivity contribution in [1.82, 2.24) is 15.1 Å². The fourth-order valence-corrected chi connectivity index (χ4v) is 1.99. The van der Waals surface area contributed by atoms with Crippen molar-refractivity contribution in [2.24, 2.45) is 5.10 Å². The molecule has 4 nitrogen and oxygen atoms in total. The highest BCUT2D eigenvalue weighted by molar-refractivity contribution is 9.10. The van der Waals surface area contributed by atoms with Crippen molar-refractivity contribution in [3.05, 3.63) is 70.8 Å². The molecule has 0 unspecified atom stereocenters. The van der Waals surface area contributed by atoms with E-state index in [4.69, 9.17) is 0 Å². The van der Waals surface area contributed by atoms with E-state index in [2.05, 4.69) is 31.3 Å². The van der Waals surface area contributed by atoms with Gasteiger partial charge in [-0.3, -0.25) is 0 Å². The van der Waals surface area contributed by atoms with Crippen LogP contribution in [0.3, 0.4) is 0 Å². The molecule has 20 heavy (non-hydrogen) atoms. The fraction of sp³-hybridized carbons (Fsp3) is 0. The second-order valence-corrected chi connectivity index (χ2v) is 5.10. The van der Waals surface area contributed by atoms with Gasteiger partial charge in [-0.25, -0.2) is 0 Å². The van der Waals surface area contributed by atoms with Crippen molar-refractivity contribution in [2.45, 2.75) is 0 Å². The van der Waals surface area contributed by atoms with Crippen LogP contribution in [0.5, 0.6) is 0 Å². The summed E-state index contributed by atoms with van der Waals surface area (Å²) in [6, 6.07) is 17.8. The summed E-state index contributed by atoms with van der Waals surface area (Å²) in [5.74, 6) is 0. The summed E-state index contributed by atoms with van der Waals surface area (Å²) in [5.41, 5.74) is 2.82. The summed E-state index contributed by atoms with van der Waals surface area (Å²) < 4.78 is 1.04. The van der Waals surface area contributed by atoms with Gasteiger partial charge in [0.2, 0.25) is 0 Å². The lowest BCUT2D eigenvalue weighted by atomic mass is 10.2. The van der Waals surface area contributed by atoms with Crippen LogP contribution in [0, 0.1) is 0 Å². The number of hydrogen-bond donors (Lipinski definition) is 0. The SMILES string of the molecule is Brc1ccc(-c2cn(/N=C/c3ccccc3)nn2)cc1. The molecule has 5 heteroatoms. The zero-order valence-electron chi connectivity index (χ0n) is 10.5. The lowest BCUT2D eigenvalue weighted by Gasteiger charge is -1.94. The molecular weight excluding hydrogens is 316 g/mol. The van der Waals surface area contributed by atoms with Crippen LogP contribution in [0.1, 0.15) is 5.56 Å². The monoisotopic (exact) mass is 326 g/mol. The predicted molar refractivity (Wildman–Crippen MR) is 82.6 cm³/mol. The van der Waals surface area contributed by atoms with E-state index in [0.29, 0.717) is 0 Å². The topological polar surface area (TPSA) is 43.1 Å².